The smallest absolute Gasteiger partial charge is 0.214 e. The third-order valence-electron chi connectivity index (χ3n) is 11.7. The Hall–Kier alpha value is -4.30. The van der Waals surface area contributed by atoms with E-state index in [2.05, 4.69) is 88.1 Å². The minimum atomic E-state index is -2.07. The average Bonchev–Trinajstić information content (AvgIpc) is 4.02. The van der Waals surface area contributed by atoms with Gasteiger partial charge in [-0.3, -0.25) is 14.2 Å². The van der Waals surface area contributed by atoms with Crippen LogP contribution >= 0.6 is 23.2 Å². The van der Waals surface area contributed by atoms with Crippen LogP contribution < -0.4 is 0 Å². The van der Waals surface area contributed by atoms with Crippen molar-refractivity contribution in [1.29, 1.82) is 0 Å². The number of ketones is 1. The summed E-state index contributed by atoms with van der Waals surface area (Å²) in [5.41, 5.74) is 4.22. The molecule has 62 heavy (non-hydrogen) atoms. The third-order valence-corrected chi connectivity index (χ3v) is 21.1. The lowest BCUT2D eigenvalue weighted by Crippen LogP contribution is -2.40. The lowest BCUT2D eigenvalue weighted by atomic mass is 10.1. The SMILES string of the molecule is CCn1cc(C(=O)c2cc(Cl)nn2-c2ccc(F)cc2CO[Si](C)(C)C(C)(C)C)cn1.CCn1cc(C(O)c2cc(Cl)nn2-c2ccc(F)cc2CO[Si](C)(C)C(C)(C)C)cn1. The van der Waals surface area contributed by atoms with Crippen molar-refractivity contribution in [2.75, 3.05) is 0 Å². The summed E-state index contributed by atoms with van der Waals surface area (Å²) in [4.78, 5) is 13.1. The number of benzene rings is 2. The third kappa shape index (κ3) is 11.3. The zero-order valence-electron chi connectivity index (χ0n) is 37.6. The summed E-state index contributed by atoms with van der Waals surface area (Å²) in [5.74, 6) is -1.00. The maximum Gasteiger partial charge on any atom is 0.214 e. The number of hydrogen-bond donors (Lipinski definition) is 1. The lowest BCUT2D eigenvalue weighted by Gasteiger charge is -2.36. The van der Waals surface area contributed by atoms with Crippen LogP contribution in [0.3, 0.4) is 0 Å². The van der Waals surface area contributed by atoms with E-state index < -0.39 is 22.7 Å². The summed E-state index contributed by atoms with van der Waals surface area (Å²) >= 11 is 12.4. The number of carbonyl (C=O) groups is 1. The average molecular weight is 928 g/mol. The Morgan fingerprint density at radius 2 is 1.19 bits per heavy atom. The minimum Gasteiger partial charge on any atom is -0.412 e. The van der Waals surface area contributed by atoms with Crippen LogP contribution in [0, 0.1) is 11.6 Å². The molecule has 1 atom stereocenters. The quantitative estimate of drug-likeness (QED) is 0.0845. The standard InChI is InChI=1S/C22H30ClFN4O2Si.C22H28ClFN4O2Si/c2*1-7-27-13-16(12-25-27)21(29)19-11-20(23)26-28(19)18-9-8-17(24)10-15(18)14-30-31(5,6)22(2,3)4/h8-13,21,29H,7,14H2,1-6H3;8-13H,7,14H2,1-6H3. The molecular formula is C44H58Cl2F2N8O4Si2. The van der Waals surface area contributed by atoms with E-state index in [-0.39, 0.29) is 56.7 Å². The van der Waals surface area contributed by atoms with Crippen molar-refractivity contribution >= 4 is 45.6 Å². The topological polar surface area (TPSA) is 127 Å². The van der Waals surface area contributed by atoms with Gasteiger partial charge in [-0.1, -0.05) is 64.7 Å². The van der Waals surface area contributed by atoms with Crippen molar-refractivity contribution in [2.45, 2.75) is 124 Å². The first kappa shape index (κ1) is 48.7. The van der Waals surface area contributed by atoms with Gasteiger partial charge < -0.3 is 14.0 Å². The molecule has 4 aromatic heterocycles. The molecule has 0 saturated carbocycles. The van der Waals surface area contributed by atoms with Crippen molar-refractivity contribution < 1.29 is 27.5 Å². The number of hydrogen-bond acceptors (Lipinski definition) is 8. The fourth-order valence-electron chi connectivity index (χ4n) is 5.82. The molecule has 0 spiro atoms. The number of aromatic nitrogens is 8. The number of carbonyl (C=O) groups excluding carboxylic acids is 1. The number of aliphatic hydroxyl groups excluding tert-OH is 1. The molecule has 6 rings (SSSR count). The highest BCUT2D eigenvalue weighted by molar-refractivity contribution is 6.74. The Kier molecular flexibility index (Phi) is 15.1. The Labute approximate surface area is 375 Å². The van der Waals surface area contributed by atoms with Crippen LogP contribution in [-0.4, -0.2) is 66.6 Å². The van der Waals surface area contributed by atoms with Gasteiger partial charge in [0.25, 0.3) is 0 Å². The molecule has 0 aliphatic heterocycles. The molecule has 4 heterocycles. The highest BCUT2D eigenvalue weighted by atomic mass is 35.5. The molecule has 0 saturated heterocycles. The van der Waals surface area contributed by atoms with Crippen LogP contribution in [0.5, 0.6) is 0 Å². The molecule has 334 valence electrons. The van der Waals surface area contributed by atoms with Gasteiger partial charge in [-0.05, 0) is 86.5 Å². The number of nitrogens with zero attached hydrogens (tertiary/aromatic N) is 8. The van der Waals surface area contributed by atoms with Gasteiger partial charge in [0.2, 0.25) is 5.78 Å². The molecule has 6 aromatic rings. The summed E-state index contributed by atoms with van der Waals surface area (Å²) < 4.78 is 47.3. The molecule has 18 heteroatoms. The van der Waals surface area contributed by atoms with Gasteiger partial charge >= 0.3 is 0 Å². The largest absolute Gasteiger partial charge is 0.412 e. The Bertz CT molecular complexity index is 2500. The van der Waals surface area contributed by atoms with Crippen molar-refractivity contribution in [2.24, 2.45) is 0 Å². The van der Waals surface area contributed by atoms with E-state index in [0.29, 0.717) is 52.4 Å². The molecule has 1 N–H and O–H groups in total. The van der Waals surface area contributed by atoms with Gasteiger partial charge in [0, 0.05) is 54.3 Å². The second kappa shape index (κ2) is 19.2. The summed E-state index contributed by atoms with van der Waals surface area (Å²) in [5, 5.41) is 28.5. The van der Waals surface area contributed by atoms with Gasteiger partial charge in [-0.25, -0.2) is 18.1 Å². The fourth-order valence-corrected chi connectivity index (χ4v) is 8.08. The van der Waals surface area contributed by atoms with E-state index >= 15 is 0 Å². The van der Waals surface area contributed by atoms with Gasteiger partial charge in [-0.2, -0.15) is 20.4 Å². The highest BCUT2D eigenvalue weighted by Crippen LogP contribution is 2.39. The number of aliphatic hydroxyl groups is 1. The predicted octanol–water partition coefficient (Wildman–Crippen LogP) is 11.1. The molecule has 1 unspecified atom stereocenters. The first-order chi connectivity index (χ1) is 28.8. The van der Waals surface area contributed by atoms with Crippen molar-refractivity contribution in [3.63, 3.8) is 0 Å². The molecule has 0 radical (unpaired) electrons. The Morgan fingerprint density at radius 3 is 1.68 bits per heavy atom. The zero-order valence-corrected chi connectivity index (χ0v) is 41.1. The molecule has 0 fully saturated rings. The molecular weight excluding hydrogens is 870 g/mol. The van der Waals surface area contributed by atoms with Crippen molar-refractivity contribution in [1.82, 2.24) is 39.1 Å². The van der Waals surface area contributed by atoms with Crippen LogP contribution in [-0.2, 0) is 35.2 Å². The monoisotopic (exact) mass is 926 g/mol. The molecule has 12 nitrogen and oxygen atoms in total. The number of aryl methyl sites for hydroxylation is 2. The summed E-state index contributed by atoms with van der Waals surface area (Å²) in [6, 6.07) is 11.9. The van der Waals surface area contributed by atoms with Crippen LogP contribution in [0.4, 0.5) is 8.78 Å². The first-order valence-corrected chi connectivity index (χ1v) is 27.1. The number of halogens is 4. The van der Waals surface area contributed by atoms with Crippen LogP contribution in [0.2, 0.25) is 46.6 Å². The maximum absolute atomic E-state index is 14.1. The van der Waals surface area contributed by atoms with Crippen molar-refractivity contribution in [3.05, 3.63) is 129 Å². The van der Waals surface area contributed by atoms with Crippen LogP contribution in [0.25, 0.3) is 11.4 Å². The summed E-state index contributed by atoms with van der Waals surface area (Å²) in [7, 11) is -4.12. The second-order valence-corrected chi connectivity index (χ2v) is 28.6. The molecule has 0 bridgehead atoms. The van der Waals surface area contributed by atoms with Crippen molar-refractivity contribution in [3.8, 4) is 11.4 Å². The fraction of sp³-hybridized carbons (Fsp3) is 0.432. The van der Waals surface area contributed by atoms with Crippen LogP contribution in [0.15, 0.2) is 73.3 Å². The van der Waals surface area contributed by atoms with Gasteiger partial charge in [0.05, 0.1) is 48.2 Å². The molecule has 2 aromatic carbocycles. The van der Waals surface area contributed by atoms with Gasteiger partial charge in [0.15, 0.2) is 26.9 Å². The first-order valence-electron chi connectivity index (χ1n) is 20.5. The molecule has 0 aliphatic carbocycles. The van der Waals surface area contributed by atoms with Gasteiger partial charge in [-0.15, -0.1) is 0 Å². The number of rotatable bonds is 14. The Balaban J connectivity index is 0.000000234. The van der Waals surface area contributed by atoms with E-state index in [0.717, 1.165) is 0 Å². The van der Waals surface area contributed by atoms with Crippen LogP contribution in [0.1, 0.15) is 99.9 Å². The second-order valence-electron chi connectivity index (χ2n) is 18.2. The highest BCUT2D eigenvalue weighted by Gasteiger charge is 2.38. The van der Waals surface area contributed by atoms with Gasteiger partial charge in [0.1, 0.15) is 23.4 Å². The lowest BCUT2D eigenvalue weighted by molar-refractivity contribution is 0.103. The van der Waals surface area contributed by atoms with E-state index in [1.165, 1.54) is 41.2 Å². The minimum absolute atomic E-state index is 0.00998. The predicted molar refractivity (Wildman–Crippen MR) is 244 cm³/mol. The van der Waals surface area contributed by atoms with E-state index in [9.17, 15) is 18.7 Å². The normalized spacial score (nSPS) is 13.0. The van der Waals surface area contributed by atoms with E-state index in [1.807, 2.05) is 13.8 Å². The molecule has 0 aliphatic rings. The summed E-state index contributed by atoms with van der Waals surface area (Å²) in [6.45, 7) is 27.2. The van der Waals surface area contributed by atoms with E-state index in [4.69, 9.17) is 32.1 Å². The maximum atomic E-state index is 14.1. The zero-order chi connectivity index (χ0) is 45.9. The molecule has 0 amide bonds. The summed E-state index contributed by atoms with van der Waals surface area (Å²) in [6.07, 6.45) is 5.61. The van der Waals surface area contributed by atoms with E-state index in [1.54, 1.807) is 50.8 Å². The Morgan fingerprint density at radius 1 is 0.726 bits per heavy atom.